The van der Waals surface area contributed by atoms with Crippen molar-refractivity contribution in [1.82, 2.24) is 0 Å². The van der Waals surface area contributed by atoms with Gasteiger partial charge in [0.15, 0.2) is 0 Å². The minimum absolute atomic E-state index is 0.0123. The molecule has 1 aromatic rings. The number of esters is 2. The van der Waals surface area contributed by atoms with E-state index in [2.05, 4.69) is 12.2 Å². The molecule has 0 radical (unpaired) electrons. The molecule has 1 N–H and O–H groups in total. The SMILES string of the molecule is CCOC(=O)CCCC/C=C\[C@H](Sc1ccccc1)[C@H]1[C@H](O)CC(=O)[C@H]1CCC(=O)OCC. The van der Waals surface area contributed by atoms with Crippen LogP contribution in [0.4, 0.5) is 0 Å². The molecule has 182 valence electrons. The van der Waals surface area contributed by atoms with Crippen LogP contribution in [0.1, 0.15) is 58.8 Å². The number of aliphatic hydroxyl groups excluding tert-OH is 1. The van der Waals surface area contributed by atoms with E-state index in [1.165, 1.54) is 0 Å². The smallest absolute Gasteiger partial charge is 0.305 e. The molecule has 0 unspecified atom stereocenters. The summed E-state index contributed by atoms with van der Waals surface area (Å²) in [6.07, 6.45) is 6.92. The highest BCUT2D eigenvalue weighted by molar-refractivity contribution is 8.00. The highest BCUT2D eigenvalue weighted by Crippen LogP contribution is 2.42. The Morgan fingerprint density at radius 3 is 2.42 bits per heavy atom. The fourth-order valence-electron chi connectivity index (χ4n) is 4.18. The maximum Gasteiger partial charge on any atom is 0.305 e. The summed E-state index contributed by atoms with van der Waals surface area (Å²) in [5.74, 6) is -1.11. The number of thioether (sulfide) groups is 1. The van der Waals surface area contributed by atoms with Crippen LogP contribution in [-0.4, -0.2) is 47.4 Å². The van der Waals surface area contributed by atoms with Crippen molar-refractivity contribution in [2.24, 2.45) is 11.8 Å². The molecule has 2 rings (SSSR count). The number of allylic oxidation sites excluding steroid dienone is 1. The van der Waals surface area contributed by atoms with Crippen molar-refractivity contribution in [1.29, 1.82) is 0 Å². The summed E-state index contributed by atoms with van der Waals surface area (Å²) >= 11 is 1.63. The van der Waals surface area contributed by atoms with Gasteiger partial charge in [0.1, 0.15) is 5.78 Å². The number of hydrogen-bond acceptors (Lipinski definition) is 7. The molecule has 7 heteroatoms. The van der Waals surface area contributed by atoms with E-state index in [0.717, 1.165) is 24.2 Å². The molecule has 33 heavy (non-hydrogen) atoms. The van der Waals surface area contributed by atoms with Crippen LogP contribution >= 0.6 is 11.8 Å². The largest absolute Gasteiger partial charge is 0.466 e. The Bertz CT molecular complexity index is 778. The van der Waals surface area contributed by atoms with Gasteiger partial charge < -0.3 is 14.6 Å². The quantitative estimate of drug-likeness (QED) is 0.180. The van der Waals surface area contributed by atoms with E-state index in [9.17, 15) is 19.5 Å². The normalized spacial score (nSPS) is 21.3. The second-order valence-electron chi connectivity index (χ2n) is 8.14. The van der Waals surface area contributed by atoms with Crippen LogP contribution in [0.15, 0.2) is 47.4 Å². The lowest BCUT2D eigenvalue weighted by atomic mass is 9.87. The second-order valence-corrected chi connectivity index (χ2v) is 9.39. The Morgan fingerprint density at radius 1 is 1.09 bits per heavy atom. The van der Waals surface area contributed by atoms with Crippen LogP contribution in [0, 0.1) is 11.8 Å². The maximum atomic E-state index is 12.7. The third-order valence-corrected chi connectivity index (χ3v) is 7.01. The van der Waals surface area contributed by atoms with Gasteiger partial charge >= 0.3 is 11.9 Å². The fraction of sp³-hybridized carbons (Fsp3) is 0.577. The van der Waals surface area contributed by atoms with E-state index in [1.807, 2.05) is 30.3 Å². The van der Waals surface area contributed by atoms with E-state index < -0.39 is 6.10 Å². The monoisotopic (exact) mass is 476 g/mol. The molecule has 1 aliphatic rings. The van der Waals surface area contributed by atoms with E-state index in [0.29, 0.717) is 26.1 Å². The van der Waals surface area contributed by atoms with Gasteiger partial charge in [-0.2, -0.15) is 0 Å². The average Bonchev–Trinajstić information content (AvgIpc) is 3.07. The number of carbonyl (C=O) groups excluding carboxylic acids is 3. The first-order chi connectivity index (χ1) is 16.0. The van der Waals surface area contributed by atoms with Gasteiger partial charge in [-0.05, 0) is 51.7 Å². The predicted molar refractivity (Wildman–Crippen MR) is 129 cm³/mol. The average molecular weight is 477 g/mol. The van der Waals surface area contributed by atoms with Crippen LogP contribution < -0.4 is 0 Å². The first-order valence-electron chi connectivity index (χ1n) is 11.9. The number of benzene rings is 1. The molecule has 1 aromatic carbocycles. The summed E-state index contributed by atoms with van der Waals surface area (Å²) in [5.41, 5.74) is 0. The molecule has 0 amide bonds. The van der Waals surface area contributed by atoms with Crippen molar-refractivity contribution >= 4 is 29.5 Å². The van der Waals surface area contributed by atoms with Gasteiger partial charge in [-0.3, -0.25) is 14.4 Å². The van der Waals surface area contributed by atoms with Crippen molar-refractivity contribution in [3.63, 3.8) is 0 Å². The molecule has 0 aromatic heterocycles. The summed E-state index contributed by atoms with van der Waals surface area (Å²) in [6, 6.07) is 9.91. The van der Waals surface area contributed by atoms with E-state index in [1.54, 1.807) is 25.6 Å². The standard InChI is InChI=1S/C26H36O6S/c1-3-31-24(29)15-11-6-5-10-14-23(33-19-12-8-7-9-13-19)26-20(21(27)18-22(26)28)16-17-25(30)32-4-2/h7-10,12-14,20,22-23,26,28H,3-6,11,15-18H2,1-2H3/b14-10-/t20-,22-,23+,26-/m1/s1. The number of Topliss-reactive ketones (excluding diaryl/α,β-unsaturated/α-hetero) is 1. The molecule has 1 aliphatic carbocycles. The Morgan fingerprint density at radius 2 is 1.76 bits per heavy atom. The fourth-order valence-corrected chi connectivity index (χ4v) is 5.53. The number of carbonyl (C=O) groups is 3. The zero-order valence-corrected chi connectivity index (χ0v) is 20.4. The van der Waals surface area contributed by atoms with Crippen LogP contribution in [0.2, 0.25) is 0 Å². The van der Waals surface area contributed by atoms with Crippen molar-refractivity contribution in [3.8, 4) is 0 Å². The summed E-state index contributed by atoms with van der Waals surface area (Å²) in [4.78, 5) is 37.1. The van der Waals surface area contributed by atoms with Gasteiger partial charge in [-0.1, -0.05) is 30.4 Å². The van der Waals surface area contributed by atoms with Crippen molar-refractivity contribution in [3.05, 3.63) is 42.5 Å². The molecule has 0 aliphatic heterocycles. The molecule has 0 saturated heterocycles. The minimum atomic E-state index is -0.737. The molecule has 0 bridgehead atoms. The predicted octanol–water partition coefficient (Wildman–Crippen LogP) is 4.74. The lowest BCUT2D eigenvalue weighted by Gasteiger charge is -2.27. The molecule has 0 heterocycles. The maximum absolute atomic E-state index is 12.7. The summed E-state index contributed by atoms with van der Waals surface area (Å²) in [7, 11) is 0. The first kappa shape index (κ1) is 27.1. The Hall–Kier alpha value is -2.12. The van der Waals surface area contributed by atoms with Gasteiger partial charge in [0.05, 0.1) is 19.3 Å². The Kier molecular flexibility index (Phi) is 12.3. The number of aliphatic hydroxyl groups is 1. The minimum Gasteiger partial charge on any atom is -0.466 e. The molecule has 6 nitrogen and oxygen atoms in total. The Balaban J connectivity index is 2.06. The number of ketones is 1. The third-order valence-electron chi connectivity index (χ3n) is 5.73. The zero-order valence-electron chi connectivity index (χ0n) is 19.6. The van der Waals surface area contributed by atoms with Gasteiger partial charge in [0.2, 0.25) is 0 Å². The molecule has 4 atom stereocenters. The number of ether oxygens (including phenoxy) is 2. The van der Waals surface area contributed by atoms with E-state index >= 15 is 0 Å². The van der Waals surface area contributed by atoms with Crippen LogP contribution in [-0.2, 0) is 23.9 Å². The van der Waals surface area contributed by atoms with E-state index in [4.69, 9.17) is 9.47 Å². The molecule has 1 fully saturated rings. The van der Waals surface area contributed by atoms with Gasteiger partial charge in [0.25, 0.3) is 0 Å². The third kappa shape index (κ3) is 9.33. The van der Waals surface area contributed by atoms with Crippen molar-refractivity contribution < 1.29 is 29.0 Å². The van der Waals surface area contributed by atoms with Crippen molar-refractivity contribution in [2.45, 2.75) is 75.0 Å². The van der Waals surface area contributed by atoms with Crippen LogP contribution in [0.5, 0.6) is 0 Å². The Labute approximate surface area is 201 Å². The van der Waals surface area contributed by atoms with Gasteiger partial charge in [0, 0.05) is 41.2 Å². The second kappa shape index (κ2) is 14.9. The van der Waals surface area contributed by atoms with Gasteiger partial charge in [-0.15, -0.1) is 11.8 Å². The zero-order chi connectivity index (χ0) is 24.1. The van der Waals surface area contributed by atoms with Gasteiger partial charge in [-0.25, -0.2) is 0 Å². The van der Waals surface area contributed by atoms with Crippen LogP contribution in [0.25, 0.3) is 0 Å². The lowest BCUT2D eigenvalue weighted by Crippen LogP contribution is -2.30. The summed E-state index contributed by atoms with van der Waals surface area (Å²) in [5, 5.41) is 10.7. The summed E-state index contributed by atoms with van der Waals surface area (Å²) in [6.45, 7) is 4.27. The molecule has 1 saturated carbocycles. The lowest BCUT2D eigenvalue weighted by molar-refractivity contribution is -0.144. The molecule has 0 spiro atoms. The number of rotatable bonds is 14. The molecular weight excluding hydrogens is 440 g/mol. The van der Waals surface area contributed by atoms with E-state index in [-0.39, 0.29) is 47.6 Å². The van der Waals surface area contributed by atoms with Crippen molar-refractivity contribution in [2.75, 3.05) is 13.2 Å². The highest BCUT2D eigenvalue weighted by Gasteiger charge is 2.45. The number of hydrogen-bond donors (Lipinski definition) is 1. The first-order valence-corrected chi connectivity index (χ1v) is 12.7. The van der Waals surface area contributed by atoms with Crippen LogP contribution in [0.3, 0.4) is 0 Å². The number of unbranched alkanes of at least 4 members (excludes halogenated alkanes) is 2. The topological polar surface area (TPSA) is 89.9 Å². The molecular formula is C26H36O6S. The highest BCUT2D eigenvalue weighted by atomic mass is 32.2. The summed E-state index contributed by atoms with van der Waals surface area (Å²) < 4.78 is 9.98.